The lowest BCUT2D eigenvalue weighted by molar-refractivity contribution is 1.33. The zero-order chi connectivity index (χ0) is 12.9. The van der Waals surface area contributed by atoms with Crippen molar-refractivity contribution >= 4 is 11.4 Å². The third-order valence-electron chi connectivity index (χ3n) is 2.96. The number of rotatable bonds is 2. The highest BCUT2D eigenvalue weighted by molar-refractivity contribution is 6.13. The second-order valence-corrected chi connectivity index (χ2v) is 4.28. The minimum absolute atomic E-state index is 0.942. The fourth-order valence-electron chi connectivity index (χ4n) is 2.01. The summed E-state index contributed by atoms with van der Waals surface area (Å²) in [5.74, 6) is 0. The molecule has 0 aromatic heterocycles. The van der Waals surface area contributed by atoms with E-state index in [1.54, 1.807) is 0 Å². The quantitative estimate of drug-likeness (QED) is 0.783. The Morgan fingerprint density at radius 1 is 0.737 bits per heavy atom. The van der Waals surface area contributed by atoms with Gasteiger partial charge in [0.25, 0.3) is 0 Å². The van der Waals surface area contributed by atoms with Gasteiger partial charge in [0.05, 0.1) is 11.4 Å². The minimum atomic E-state index is 0.942. The fourth-order valence-corrected chi connectivity index (χ4v) is 2.01. The lowest BCUT2D eigenvalue weighted by Crippen LogP contribution is -2.05. The highest BCUT2D eigenvalue weighted by atomic mass is 15.3. The Morgan fingerprint density at radius 2 is 1.42 bits per heavy atom. The van der Waals surface area contributed by atoms with Crippen molar-refractivity contribution < 1.29 is 0 Å². The Balaban J connectivity index is 1.88. The summed E-state index contributed by atoms with van der Waals surface area (Å²) in [7, 11) is 0. The SMILES string of the molecule is C1=CC(=NNc2ccccc2)C(=C2C=CC=C2)C=C1. The van der Waals surface area contributed by atoms with E-state index in [4.69, 9.17) is 0 Å². The molecule has 0 heterocycles. The molecule has 0 saturated carbocycles. The van der Waals surface area contributed by atoms with Crippen molar-refractivity contribution in [2.24, 2.45) is 5.10 Å². The van der Waals surface area contributed by atoms with Gasteiger partial charge in [-0.25, -0.2) is 0 Å². The zero-order valence-corrected chi connectivity index (χ0v) is 10.5. The molecular formula is C17H14N2. The van der Waals surface area contributed by atoms with Crippen LogP contribution in [0, 0.1) is 0 Å². The van der Waals surface area contributed by atoms with Gasteiger partial charge in [-0.15, -0.1) is 0 Å². The number of nitrogens with zero attached hydrogens (tertiary/aromatic N) is 1. The van der Waals surface area contributed by atoms with Crippen LogP contribution in [0.1, 0.15) is 0 Å². The highest BCUT2D eigenvalue weighted by Crippen LogP contribution is 2.19. The molecule has 19 heavy (non-hydrogen) atoms. The molecule has 92 valence electrons. The van der Waals surface area contributed by atoms with E-state index in [1.807, 2.05) is 60.7 Å². The molecule has 0 unspecified atom stereocenters. The van der Waals surface area contributed by atoms with E-state index in [1.165, 1.54) is 5.57 Å². The molecule has 0 radical (unpaired) electrons. The second kappa shape index (κ2) is 5.36. The molecule has 2 aliphatic carbocycles. The van der Waals surface area contributed by atoms with Crippen LogP contribution in [0.5, 0.6) is 0 Å². The van der Waals surface area contributed by atoms with Crippen LogP contribution in [0.2, 0.25) is 0 Å². The summed E-state index contributed by atoms with van der Waals surface area (Å²) >= 11 is 0. The summed E-state index contributed by atoms with van der Waals surface area (Å²) in [6.45, 7) is 0. The van der Waals surface area contributed by atoms with Crippen LogP contribution in [0.3, 0.4) is 0 Å². The van der Waals surface area contributed by atoms with Crippen LogP contribution in [0.4, 0.5) is 5.69 Å². The molecule has 1 aromatic rings. The van der Waals surface area contributed by atoms with Crippen LogP contribution in [0.15, 0.2) is 95.2 Å². The van der Waals surface area contributed by atoms with Gasteiger partial charge in [0.15, 0.2) is 0 Å². The van der Waals surface area contributed by atoms with Crippen molar-refractivity contribution in [2.45, 2.75) is 0 Å². The number of benzene rings is 1. The number of hydrogen-bond donors (Lipinski definition) is 1. The van der Waals surface area contributed by atoms with Gasteiger partial charge in [-0.2, -0.15) is 5.10 Å². The minimum Gasteiger partial charge on any atom is -0.278 e. The molecule has 0 bridgehead atoms. The number of hydrogen-bond acceptors (Lipinski definition) is 2. The van der Waals surface area contributed by atoms with Crippen LogP contribution >= 0.6 is 0 Å². The average molecular weight is 246 g/mol. The molecule has 3 rings (SSSR count). The summed E-state index contributed by atoms with van der Waals surface area (Å²) in [6, 6.07) is 9.95. The summed E-state index contributed by atoms with van der Waals surface area (Å²) in [5.41, 5.74) is 7.34. The summed E-state index contributed by atoms with van der Waals surface area (Å²) in [4.78, 5) is 0. The number of hydrazone groups is 1. The maximum atomic E-state index is 4.48. The van der Waals surface area contributed by atoms with Crippen molar-refractivity contribution in [1.29, 1.82) is 0 Å². The Labute approximate surface area is 112 Å². The molecule has 0 spiro atoms. The predicted molar refractivity (Wildman–Crippen MR) is 81.1 cm³/mol. The Morgan fingerprint density at radius 3 is 2.21 bits per heavy atom. The van der Waals surface area contributed by atoms with Crippen LogP contribution < -0.4 is 5.43 Å². The van der Waals surface area contributed by atoms with Crippen molar-refractivity contribution in [3.63, 3.8) is 0 Å². The van der Waals surface area contributed by atoms with E-state index in [0.717, 1.165) is 17.0 Å². The lowest BCUT2D eigenvalue weighted by atomic mass is 10.00. The van der Waals surface area contributed by atoms with Gasteiger partial charge in [0.2, 0.25) is 0 Å². The first-order valence-electron chi connectivity index (χ1n) is 6.26. The van der Waals surface area contributed by atoms with Crippen molar-refractivity contribution in [3.8, 4) is 0 Å². The first kappa shape index (κ1) is 11.5. The number of nitrogens with one attached hydrogen (secondary N) is 1. The Hall–Kier alpha value is -2.61. The first-order chi connectivity index (χ1) is 9.43. The maximum absolute atomic E-state index is 4.48. The van der Waals surface area contributed by atoms with E-state index < -0.39 is 0 Å². The Kier molecular flexibility index (Phi) is 3.24. The first-order valence-corrected chi connectivity index (χ1v) is 6.26. The fraction of sp³-hybridized carbons (Fsp3) is 0. The number of anilines is 1. The van der Waals surface area contributed by atoms with E-state index >= 15 is 0 Å². The molecule has 0 fully saturated rings. The molecule has 2 aliphatic rings. The van der Waals surface area contributed by atoms with Gasteiger partial charge in [-0.1, -0.05) is 60.7 Å². The van der Waals surface area contributed by atoms with Crippen LogP contribution in [0.25, 0.3) is 0 Å². The van der Waals surface area contributed by atoms with Gasteiger partial charge < -0.3 is 0 Å². The van der Waals surface area contributed by atoms with Gasteiger partial charge in [0.1, 0.15) is 0 Å². The van der Waals surface area contributed by atoms with Crippen molar-refractivity contribution in [2.75, 3.05) is 5.43 Å². The van der Waals surface area contributed by atoms with Crippen LogP contribution in [-0.2, 0) is 0 Å². The third kappa shape index (κ3) is 2.63. The largest absolute Gasteiger partial charge is 0.278 e. The third-order valence-corrected chi connectivity index (χ3v) is 2.96. The molecule has 0 amide bonds. The molecule has 0 atom stereocenters. The van der Waals surface area contributed by atoms with Crippen molar-refractivity contribution in [3.05, 3.63) is 90.1 Å². The van der Waals surface area contributed by atoms with E-state index in [-0.39, 0.29) is 0 Å². The smallest absolute Gasteiger partial charge is 0.0911 e. The summed E-state index contributed by atoms with van der Waals surface area (Å²) < 4.78 is 0. The van der Waals surface area contributed by atoms with Crippen LogP contribution in [-0.4, -0.2) is 5.71 Å². The Bertz CT molecular complexity index is 627. The number of para-hydroxylation sites is 1. The number of allylic oxidation sites excluding steroid dienone is 10. The topological polar surface area (TPSA) is 24.4 Å². The summed E-state index contributed by atoms with van der Waals surface area (Å²) in [6.07, 6.45) is 16.4. The van der Waals surface area contributed by atoms with E-state index in [9.17, 15) is 0 Å². The molecule has 1 aromatic carbocycles. The van der Waals surface area contributed by atoms with E-state index in [0.29, 0.717) is 0 Å². The second-order valence-electron chi connectivity index (χ2n) is 4.28. The molecule has 0 aliphatic heterocycles. The predicted octanol–water partition coefficient (Wildman–Crippen LogP) is 4.00. The average Bonchev–Trinajstić information content (AvgIpc) is 3.01. The molecule has 1 N–H and O–H groups in total. The van der Waals surface area contributed by atoms with Crippen molar-refractivity contribution in [1.82, 2.24) is 0 Å². The lowest BCUT2D eigenvalue weighted by Gasteiger charge is -2.09. The van der Waals surface area contributed by atoms with E-state index in [2.05, 4.69) is 28.8 Å². The molecule has 0 saturated heterocycles. The maximum Gasteiger partial charge on any atom is 0.0911 e. The molecular weight excluding hydrogens is 232 g/mol. The van der Waals surface area contributed by atoms with Gasteiger partial charge >= 0.3 is 0 Å². The molecule has 2 heteroatoms. The standard InChI is InChI=1S/C17H14N2/c1-2-10-15(11-3-1)18-19-17-13-7-6-12-16(17)14-8-4-5-9-14/h1-13,18H. The van der Waals surface area contributed by atoms with Gasteiger partial charge in [0, 0.05) is 5.57 Å². The normalized spacial score (nSPS) is 18.6. The molecule has 2 nitrogen and oxygen atoms in total. The zero-order valence-electron chi connectivity index (χ0n) is 10.5. The van der Waals surface area contributed by atoms with Gasteiger partial charge in [-0.05, 0) is 23.8 Å². The van der Waals surface area contributed by atoms with Gasteiger partial charge in [-0.3, -0.25) is 5.43 Å². The summed E-state index contributed by atoms with van der Waals surface area (Å²) in [5, 5.41) is 4.48. The highest BCUT2D eigenvalue weighted by Gasteiger charge is 2.09. The monoisotopic (exact) mass is 246 g/mol.